The van der Waals surface area contributed by atoms with Crippen LogP contribution in [-0.4, -0.2) is 34.0 Å². The third-order valence-corrected chi connectivity index (χ3v) is 4.96. The summed E-state index contributed by atoms with van der Waals surface area (Å²) in [4.78, 5) is 22.4. The van der Waals surface area contributed by atoms with Crippen LogP contribution in [0.25, 0.3) is 0 Å². The Hall–Kier alpha value is -1.22. The number of Topliss-reactive ketones (excluding diaryl/α,β-unsaturated/α-hetero) is 1. The highest BCUT2D eigenvalue weighted by Gasteiger charge is 2.35. The fraction of sp³-hybridized carbons (Fsp3) is 0.762. The molecule has 1 unspecified atom stereocenters. The number of hydrogen-bond donors (Lipinski definition) is 2. The van der Waals surface area contributed by atoms with Gasteiger partial charge < -0.3 is 15.0 Å². The number of aldehydes is 1. The monoisotopic (exact) mass is 350 g/mol. The van der Waals surface area contributed by atoms with Crippen molar-refractivity contribution in [2.24, 2.45) is 5.92 Å². The van der Waals surface area contributed by atoms with Crippen molar-refractivity contribution in [3.05, 3.63) is 17.4 Å². The van der Waals surface area contributed by atoms with Gasteiger partial charge in [-0.25, -0.2) is 0 Å². The molecule has 3 atom stereocenters. The van der Waals surface area contributed by atoms with Gasteiger partial charge in [-0.3, -0.25) is 4.79 Å². The van der Waals surface area contributed by atoms with Crippen LogP contribution in [0.4, 0.5) is 0 Å². The maximum atomic E-state index is 12.1. The van der Waals surface area contributed by atoms with Gasteiger partial charge in [0, 0.05) is 30.8 Å². The normalized spacial score (nSPS) is 22.6. The van der Waals surface area contributed by atoms with Crippen molar-refractivity contribution in [2.45, 2.75) is 96.2 Å². The Morgan fingerprint density at radius 3 is 2.64 bits per heavy atom. The maximum absolute atomic E-state index is 12.1. The largest absolute Gasteiger partial charge is 0.390 e. The lowest BCUT2D eigenvalue weighted by atomic mass is 9.93. The Bertz CT molecular complexity index is 486. The molecule has 2 N–H and O–H groups in total. The average molecular weight is 350 g/mol. The van der Waals surface area contributed by atoms with Crippen LogP contribution in [0.3, 0.4) is 0 Å². The zero-order chi connectivity index (χ0) is 18.7. The Morgan fingerprint density at radius 1 is 1.24 bits per heavy atom. The highest BCUT2D eigenvalue weighted by Crippen LogP contribution is 2.32. The Kier molecular flexibility index (Phi) is 9.96. The molecule has 0 heterocycles. The van der Waals surface area contributed by atoms with Gasteiger partial charge in [-0.05, 0) is 32.3 Å². The van der Waals surface area contributed by atoms with E-state index >= 15 is 0 Å². The molecule has 25 heavy (non-hydrogen) atoms. The molecule has 1 saturated carbocycles. The van der Waals surface area contributed by atoms with Gasteiger partial charge in [0.25, 0.3) is 0 Å². The molecule has 0 aliphatic heterocycles. The van der Waals surface area contributed by atoms with Crippen molar-refractivity contribution in [2.75, 3.05) is 0 Å². The van der Waals surface area contributed by atoms with Crippen molar-refractivity contribution in [3.8, 4) is 0 Å². The van der Waals surface area contributed by atoms with E-state index in [1.807, 2.05) is 6.92 Å². The summed E-state index contributed by atoms with van der Waals surface area (Å²) in [6.45, 7) is 3.91. The summed E-state index contributed by atoms with van der Waals surface area (Å²) < 4.78 is 0. The minimum absolute atomic E-state index is 0.0917. The Balaban J connectivity index is 2.59. The van der Waals surface area contributed by atoms with Gasteiger partial charge in [0.15, 0.2) is 0 Å². The second kappa shape index (κ2) is 11.4. The van der Waals surface area contributed by atoms with Crippen LogP contribution in [0.2, 0.25) is 0 Å². The fourth-order valence-corrected chi connectivity index (χ4v) is 3.34. The molecule has 1 aliphatic rings. The minimum atomic E-state index is -0.759. The highest BCUT2D eigenvalue weighted by molar-refractivity contribution is 5.88. The number of ketones is 1. The van der Waals surface area contributed by atoms with Crippen LogP contribution in [-0.2, 0) is 9.59 Å². The molecule has 1 aliphatic carbocycles. The molecular weight excluding hydrogens is 316 g/mol. The first-order valence-corrected chi connectivity index (χ1v) is 9.73. The van der Waals surface area contributed by atoms with E-state index in [-0.39, 0.29) is 18.1 Å². The van der Waals surface area contributed by atoms with Crippen molar-refractivity contribution >= 4 is 12.1 Å². The molecule has 142 valence electrons. The molecule has 0 spiro atoms. The molecule has 0 radical (unpaired) electrons. The number of unbranched alkanes of at least 4 members (excludes halogenated alkanes) is 5. The lowest BCUT2D eigenvalue weighted by Crippen LogP contribution is -2.22. The number of carbonyl (C=O) groups excluding carboxylic acids is 2. The Labute approximate surface area is 152 Å². The number of carbonyl (C=O) groups is 2. The molecule has 1 fully saturated rings. The summed E-state index contributed by atoms with van der Waals surface area (Å²) in [5, 5.41) is 20.4. The number of rotatable bonds is 12. The van der Waals surface area contributed by atoms with Gasteiger partial charge in [-0.15, -0.1) is 5.73 Å². The van der Waals surface area contributed by atoms with Gasteiger partial charge in [-0.2, -0.15) is 0 Å². The molecule has 4 heteroatoms. The second-order valence-corrected chi connectivity index (χ2v) is 7.51. The molecular formula is C21H34O4. The van der Waals surface area contributed by atoms with E-state index < -0.39 is 11.7 Å². The third-order valence-electron chi connectivity index (χ3n) is 4.96. The molecule has 1 rings (SSSR count). The zero-order valence-corrected chi connectivity index (χ0v) is 15.8. The van der Waals surface area contributed by atoms with E-state index in [1.54, 1.807) is 6.08 Å². The van der Waals surface area contributed by atoms with Crippen LogP contribution in [0.5, 0.6) is 0 Å². The highest BCUT2D eigenvalue weighted by atomic mass is 16.3. The summed E-state index contributed by atoms with van der Waals surface area (Å²) in [6, 6.07) is 0. The first kappa shape index (κ1) is 21.8. The molecule has 4 nitrogen and oxygen atoms in total. The molecule has 0 amide bonds. The number of aliphatic hydroxyl groups excluding tert-OH is 1. The van der Waals surface area contributed by atoms with Crippen molar-refractivity contribution in [1.82, 2.24) is 0 Å². The van der Waals surface area contributed by atoms with Crippen LogP contribution in [0.1, 0.15) is 84.5 Å². The van der Waals surface area contributed by atoms with Gasteiger partial charge in [-0.1, -0.05) is 39.0 Å². The predicted molar refractivity (Wildman–Crippen MR) is 99.2 cm³/mol. The van der Waals surface area contributed by atoms with Crippen LogP contribution in [0, 0.1) is 5.92 Å². The first-order chi connectivity index (χ1) is 11.9. The van der Waals surface area contributed by atoms with E-state index in [2.05, 4.69) is 12.7 Å². The van der Waals surface area contributed by atoms with Crippen LogP contribution >= 0.6 is 0 Å². The average Bonchev–Trinajstić information content (AvgIpc) is 2.82. The molecule has 0 aromatic heterocycles. The zero-order valence-electron chi connectivity index (χ0n) is 15.8. The van der Waals surface area contributed by atoms with E-state index in [0.29, 0.717) is 18.4 Å². The molecule has 0 aromatic rings. The van der Waals surface area contributed by atoms with E-state index in [9.17, 15) is 19.8 Å². The maximum Gasteiger partial charge on any atom is 0.143 e. The van der Waals surface area contributed by atoms with E-state index in [4.69, 9.17) is 0 Å². The molecule has 0 saturated heterocycles. The van der Waals surface area contributed by atoms with Crippen LogP contribution in [0.15, 0.2) is 17.4 Å². The van der Waals surface area contributed by atoms with Gasteiger partial charge >= 0.3 is 0 Å². The van der Waals surface area contributed by atoms with Crippen molar-refractivity contribution < 1.29 is 19.8 Å². The third kappa shape index (κ3) is 8.13. The van der Waals surface area contributed by atoms with E-state index in [1.165, 1.54) is 0 Å². The van der Waals surface area contributed by atoms with Crippen molar-refractivity contribution in [3.63, 3.8) is 0 Å². The minimum Gasteiger partial charge on any atom is -0.390 e. The van der Waals surface area contributed by atoms with E-state index in [0.717, 1.165) is 57.7 Å². The SMILES string of the molecule is CCCCC(C)(O)CC=C=C1[C@@H](CCCCCCC=O)C(=O)C[C@H]1O. The lowest BCUT2D eigenvalue weighted by molar-refractivity contribution is -0.120. The fourth-order valence-electron chi connectivity index (χ4n) is 3.34. The topological polar surface area (TPSA) is 74.6 Å². The smallest absolute Gasteiger partial charge is 0.143 e. The summed E-state index contributed by atoms with van der Waals surface area (Å²) in [7, 11) is 0. The summed E-state index contributed by atoms with van der Waals surface area (Å²) in [6.07, 6.45) is 10.6. The van der Waals surface area contributed by atoms with Crippen LogP contribution < -0.4 is 0 Å². The Morgan fingerprint density at radius 2 is 1.96 bits per heavy atom. The summed E-state index contributed by atoms with van der Waals surface area (Å²) >= 11 is 0. The number of aliphatic hydroxyl groups is 2. The standard InChI is InChI=1S/C21H34O4/c1-3-4-13-21(2,25)14-10-12-18-17(19(23)16-20(18)24)11-8-6-5-7-9-15-22/h10,15,17,20,24-25H,3-9,11,13-14,16H2,1-2H3/t12?,17-,20-,21?/m1/s1. The van der Waals surface area contributed by atoms with Gasteiger partial charge in [0.2, 0.25) is 0 Å². The van der Waals surface area contributed by atoms with Crippen molar-refractivity contribution in [1.29, 1.82) is 0 Å². The summed E-state index contributed by atoms with van der Waals surface area (Å²) in [5.74, 6) is -0.146. The predicted octanol–water partition coefficient (Wildman–Crippen LogP) is 3.89. The lowest BCUT2D eigenvalue weighted by Gasteiger charge is -2.20. The molecule has 0 aromatic carbocycles. The first-order valence-electron chi connectivity index (χ1n) is 9.73. The summed E-state index contributed by atoms with van der Waals surface area (Å²) in [5.41, 5.74) is 3.05. The number of hydrogen-bond acceptors (Lipinski definition) is 4. The van der Waals surface area contributed by atoms with Gasteiger partial charge in [0.05, 0.1) is 11.7 Å². The second-order valence-electron chi connectivity index (χ2n) is 7.51. The molecule has 0 bridgehead atoms. The quantitative estimate of drug-likeness (QED) is 0.318. The van der Waals surface area contributed by atoms with Gasteiger partial charge in [0.1, 0.15) is 12.1 Å².